The van der Waals surface area contributed by atoms with Crippen LogP contribution in [0.25, 0.3) is 0 Å². The molecule has 1 rings (SSSR count). The number of azo groups is 1. The van der Waals surface area contributed by atoms with Gasteiger partial charge in [0.1, 0.15) is 5.02 Å². The van der Waals surface area contributed by atoms with Gasteiger partial charge in [-0.3, -0.25) is 20.2 Å². The Labute approximate surface area is 138 Å². The molecular formula is C12H12ClF3N4O4. The summed E-state index contributed by atoms with van der Waals surface area (Å²) in [6, 6.07) is 0.121. The summed E-state index contributed by atoms with van der Waals surface area (Å²) < 4.78 is 38.6. The average Bonchev–Trinajstić information content (AvgIpc) is 2.44. The minimum atomic E-state index is -5.09. The van der Waals surface area contributed by atoms with Crippen molar-refractivity contribution in [1.82, 2.24) is 0 Å². The minimum Gasteiger partial charge on any atom is -0.258 e. The molecule has 0 aliphatic heterocycles. The van der Waals surface area contributed by atoms with E-state index in [0.717, 1.165) is 12.8 Å². The lowest BCUT2D eigenvalue weighted by Gasteiger charge is -2.10. The summed E-state index contributed by atoms with van der Waals surface area (Å²) in [6.07, 6.45) is -2.86. The summed E-state index contributed by atoms with van der Waals surface area (Å²) in [4.78, 5) is 19.6. The van der Waals surface area contributed by atoms with E-state index < -0.39 is 43.7 Å². The standard InChI is InChI=1S/C12H12ClF3N4O4/c1-2-3-4-5-17-18-10-8(19(21)22)6-7(12(14,15)16)9(13)11(10)20(23)24/h6H,2-5H2,1H3. The summed E-state index contributed by atoms with van der Waals surface area (Å²) in [5.41, 5.74) is -5.05. The van der Waals surface area contributed by atoms with E-state index in [1.54, 1.807) is 0 Å². The van der Waals surface area contributed by atoms with Gasteiger partial charge in [-0.1, -0.05) is 31.4 Å². The fraction of sp³-hybridized carbons (Fsp3) is 0.500. The minimum absolute atomic E-state index is 0.121. The third-order valence-electron chi connectivity index (χ3n) is 2.91. The number of alkyl halides is 3. The van der Waals surface area contributed by atoms with Gasteiger partial charge in [-0.15, -0.1) is 5.11 Å². The molecule has 12 heteroatoms. The number of rotatable bonds is 7. The van der Waals surface area contributed by atoms with E-state index in [4.69, 9.17) is 11.6 Å². The van der Waals surface area contributed by atoms with Crippen molar-refractivity contribution < 1.29 is 23.0 Å². The number of halogens is 4. The molecule has 0 aliphatic rings. The Morgan fingerprint density at radius 2 is 1.83 bits per heavy atom. The zero-order valence-corrected chi connectivity index (χ0v) is 13.1. The van der Waals surface area contributed by atoms with Gasteiger partial charge in [0.15, 0.2) is 0 Å². The number of nitro groups is 2. The third-order valence-corrected chi connectivity index (χ3v) is 3.29. The number of unbranched alkanes of at least 4 members (excludes halogenated alkanes) is 2. The van der Waals surface area contributed by atoms with Crippen LogP contribution >= 0.6 is 11.6 Å². The third kappa shape index (κ3) is 4.60. The molecule has 0 saturated carbocycles. The molecule has 132 valence electrons. The maximum atomic E-state index is 12.9. The Balaban J connectivity index is 3.52. The molecule has 0 unspecified atom stereocenters. The van der Waals surface area contributed by atoms with Gasteiger partial charge >= 0.3 is 17.6 Å². The molecule has 0 radical (unpaired) electrons. The van der Waals surface area contributed by atoms with E-state index in [1.807, 2.05) is 6.92 Å². The highest BCUT2D eigenvalue weighted by molar-refractivity contribution is 6.34. The molecule has 0 fully saturated rings. The Morgan fingerprint density at radius 3 is 2.29 bits per heavy atom. The smallest absolute Gasteiger partial charge is 0.258 e. The monoisotopic (exact) mass is 368 g/mol. The highest BCUT2D eigenvalue weighted by Gasteiger charge is 2.42. The van der Waals surface area contributed by atoms with Crippen molar-refractivity contribution in [2.24, 2.45) is 10.2 Å². The van der Waals surface area contributed by atoms with E-state index >= 15 is 0 Å². The summed E-state index contributed by atoms with van der Waals surface area (Å²) >= 11 is 5.45. The van der Waals surface area contributed by atoms with Gasteiger partial charge in [-0.05, 0) is 6.42 Å². The first-order valence-electron chi connectivity index (χ1n) is 6.71. The molecule has 0 saturated heterocycles. The number of nitrogens with zero attached hydrogens (tertiary/aromatic N) is 4. The summed E-state index contributed by atoms with van der Waals surface area (Å²) in [5.74, 6) is 0. The summed E-state index contributed by atoms with van der Waals surface area (Å²) in [5, 5.41) is 27.8. The maximum Gasteiger partial charge on any atom is 0.418 e. The topological polar surface area (TPSA) is 111 Å². The Kier molecular flexibility index (Phi) is 6.58. The molecule has 0 aliphatic carbocycles. The fourth-order valence-corrected chi connectivity index (χ4v) is 2.11. The highest BCUT2D eigenvalue weighted by Crippen LogP contribution is 2.48. The van der Waals surface area contributed by atoms with Crippen molar-refractivity contribution >= 4 is 28.7 Å². The average molecular weight is 369 g/mol. The van der Waals surface area contributed by atoms with Crippen LogP contribution in [0.5, 0.6) is 0 Å². The Bertz CT molecular complexity index is 679. The van der Waals surface area contributed by atoms with Crippen molar-refractivity contribution in [2.75, 3.05) is 6.54 Å². The molecule has 0 N–H and O–H groups in total. The first-order valence-corrected chi connectivity index (χ1v) is 7.09. The van der Waals surface area contributed by atoms with E-state index in [-0.39, 0.29) is 12.6 Å². The van der Waals surface area contributed by atoms with Crippen LogP contribution in [0.2, 0.25) is 5.02 Å². The SMILES string of the molecule is CCCCCN=Nc1c([N+](=O)[O-])cc(C(F)(F)F)c(Cl)c1[N+](=O)[O-]. The van der Waals surface area contributed by atoms with E-state index in [2.05, 4.69) is 10.2 Å². The van der Waals surface area contributed by atoms with E-state index in [1.165, 1.54) is 0 Å². The first-order chi connectivity index (χ1) is 11.1. The van der Waals surface area contributed by atoms with Crippen LogP contribution in [0.1, 0.15) is 31.7 Å². The van der Waals surface area contributed by atoms with Gasteiger partial charge in [0.25, 0.3) is 0 Å². The molecule has 0 atom stereocenters. The normalized spacial score (nSPS) is 11.9. The van der Waals surface area contributed by atoms with Gasteiger partial charge in [0.2, 0.25) is 5.69 Å². The van der Waals surface area contributed by atoms with Gasteiger partial charge in [-0.2, -0.15) is 18.3 Å². The van der Waals surface area contributed by atoms with Crippen molar-refractivity contribution in [3.8, 4) is 0 Å². The van der Waals surface area contributed by atoms with Crippen molar-refractivity contribution in [3.63, 3.8) is 0 Å². The molecule has 0 amide bonds. The van der Waals surface area contributed by atoms with Crippen molar-refractivity contribution in [1.29, 1.82) is 0 Å². The van der Waals surface area contributed by atoms with E-state index in [9.17, 15) is 33.4 Å². The predicted octanol–water partition coefficient (Wildman–Crippen LogP) is 5.45. The Morgan fingerprint density at radius 1 is 1.21 bits per heavy atom. The number of hydrogen-bond donors (Lipinski definition) is 0. The fourth-order valence-electron chi connectivity index (χ4n) is 1.79. The lowest BCUT2D eigenvalue weighted by atomic mass is 10.1. The molecule has 8 nitrogen and oxygen atoms in total. The molecule has 0 spiro atoms. The second-order valence-electron chi connectivity index (χ2n) is 4.64. The Hall–Kier alpha value is -2.30. The molecule has 1 aromatic carbocycles. The van der Waals surface area contributed by atoms with Gasteiger partial charge in [0, 0.05) is 6.07 Å². The van der Waals surface area contributed by atoms with Crippen LogP contribution in [0.3, 0.4) is 0 Å². The zero-order valence-electron chi connectivity index (χ0n) is 12.3. The van der Waals surface area contributed by atoms with Gasteiger partial charge < -0.3 is 0 Å². The van der Waals surface area contributed by atoms with Crippen LogP contribution in [-0.2, 0) is 6.18 Å². The highest BCUT2D eigenvalue weighted by atomic mass is 35.5. The second-order valence-corrected chi connectivity index (χ2v) is 5.02. The lowest BCUT2D eigenvalue weighted by Crippen LogP contribution is -2.09. The van der Waals surface area contributed by atoms with Crippen LogP contribution in [0.15, 0.2) is 16.3 Å². The lowest BCUT2D eigenvalue weighted by molar-refractivity contribution is -0.392. The number of benzene rings is 1. The van der Waals surface area contributed by atoms with Crippen molar-refractivity contribution in [3.05, 3.63) is 36.9 Å². The first kappa shape index (κ1) is 19.7. The molecule has 0 aromatic heterocycles. The largest absolute Gasteiger partial charge is 0.418 e. The van der Waals surface area contributed by atoms with E-state index in [0.29, 0.717) is 6.42 Å². The zero-order chi connectivity index (χ0) is 18.5. The van der Waals surface area contributed by atoms with Gasteiger partial charge in [0.05, 0.1) is 22.0 Å². The van der Waals surface area contributed by atoms with Crippen LogP contribution in [-0.4, -0.2) is 16.4 Å². The van der Waals surface area contributed by atoms with Gasteiger partial charge in [-0.25, -0.2) is 0 Å². The second kappa shape index (κ2) is 7.99. The van der Waals surface area contributed by atoms with Crippen LogP contribution in [0.4, 0.5) is 30.2 Å². The van der Waals surface area contributed by atoms with Crippen LogP contribution < -0.4 is 0 Å². The molecule has 24 heavy (non-hydrogen) atoms. The quantitative estimate of drug-likeness (QED) is 0.275. The summed E-state index contributed by atoms with van der Waals surface area (Å²) in [7, 11) is 0. The number of hydrogen-bond acceptors (Lipinski definition) is 6. The molecule has 0 heterocycles. The van der Waals surface area contributed by atoms with Crippen molar-refractivity contribution in [2.45, 2.75) is 32.4 Å². The predicted molar refractivity (Wildman–Crippen MR) is 78.7 cm³/mol. The van der Waals surface area contributed by atoms with Crippen LogP contribution in [0, 0.1) is 20.2 Å². The molecule has 0 bridgehead atoms. The summed E-state index contributed by atoms with van der Waals surface area (Å²) in [6.45, 7) is 2.04. The molecule has 1 aromatic rings. The number of nitro benzene ring substituents is 2. The maximum absolute atomic E-state index is 12.9. The molecular weight excluding hydrogens is 357 g/mol.